The summed E-state index contributed by atoms with van der Waals surface area (Å²) < 4.78 is 5.18. The fraction of sp³-hybridized carbons (Fsp3) is 0.714. The highest BCUT2D eigenvalue weighted by atomic mass is 16.5. The SMILES string of the molecule is CC1(C(=O)NC(N)=O)CCCO1. The molecule has 1 fully saturated rings. The Hall–Kier alpha value is -1.10. The van der Waals surface area contributed by atoms with Crippen LogP contribution < -0.4 is 11.1 Å². The summed E-state index contributed by atoms with van der Waals surface area (Å²) >= 11 is 0. The van der Waals surface area contributed by atoms with E-state index < -0.39 is 17.5 Å². The molecule has 5 nitrogen and oxygen atoms in total. The smallest absolute Gasteiger partial charge is 0.318 e. The second-order valence-corrected chi connectivity index (χ2v) is 3.00. The summed E-state index contributed by atoms with van der Waals surface area (Å²) in [7, 11) is 0. The Morgan fingerprint density at radius 1 is 1.58 bits per heavy atom. The van der Waals surface area contributed by atoms with Crippen LogP contribution in [0.2, 0.25) is 0 Å². The monoisotopic (exact) mass is 172 g/mol. The fourth-order valence-electron chi connectivity index (χ4n) is 1.20. The molecule has 0 aromatic heterocycles. The molecule has 1 aliphatic rings. The van der Waals surface area contributed by atoms with Crippen molar-refractivity contribution in [3.63, 3.8) is 0 Å². The summed E-state index contributed by atoms with van der Waals surface area (Å²) in [5, 5.41) is 2.00. The van der Waals surface area contributed by atoms with Crippen LogP contribution >= 0.6 is 0 Å². The van der Waals surface area contributed by atoms with Gasteiger partial charge in [-0.3, -0.25) is 10.1 Å². The quantitative estimate of drug-likeness (QED) is 0.572. The number of nitrogens with two attached hydrogens (primary N) is 1. The van der Waals surface area contributed by atoms with Gasteiger partial charge in [0, 0.05) is 6.61 Å². The molecule has 0 aliphatic carbocycles. The topological polar surface area (TPSA) is 81.4 Å². The first-order chi connectivity index (χ1) is 5.54. The molecule has 68 valence electrons. The van der Waals surface area contributed by atoms with Crippen molar-refractivity contribution < 1.29 is 14.3 Å². The third-order valence-electron chi connectivity index (χ3n) is 1.94. The Morgan fingerprint density at radius 2 is 2.25 bits per heavy atom. The Morgan fingerprint density at radius 3 is 2.67 bits per heavy atom. The predicted molar refractivity (Wildman–Crippen MR) is 41.3 cm³/mol. The normalized spacial score (nSPS) is 28.4. The second-order valence-electron chi connectivity index (χ2n) is 3.00. The third-order valence-corrected chi connectivity index (χ3v) is 1.94. The standard InChI is InChI=1S/C7H12N2O3/c1-7(3-2-4-12-7)5(10)9-6(8)11/h2-4H2,1H3,(H3,8,9,10,11). The van der Waals surface area contributed by atoms with Gasteiger partial charge < -0.3 is 10.5 Å². The highest BCUT2D eigenvalue weighted by Gasteiger charge is 2.38. The summed E-state index contributed by atoms with van der Waals surface area (Å²) in [6.45, 7) is 2.21. The largest absolute Gasteiger partial charge is 0.365 e. The number of ether oxygens (including phenoxy) is 1. The molecule has 1 unspecified atom stereocenters. The van der Waals surface area contributed by atoms with Gasteiger partial charge in [-0.05, 0) is 19.8 Å². The van der Waals surface area contributed by atoms with E-state index in [-0.39, 0.29) is 0 Å². The maximum absolute atomic E-state index is 11.2. The summed E-state index contributed by atoms with van der Waals surface area (Å²) in [6, 6.07) is -0.836. The molecule has 1 heterocycles. The van der Waals surface area contributed by atoms with Gasteiger partial charge in [-0.15, -0.1) is 0 Å². The maximum atomic E-state index is 11.2. The number of primary amides is 1. The number of hydrogen-bond acceptors (Lipinski definition) is 3. The minimum absolute atomic E-state index is 0.451. The Kier molecular flexibility index (Phi) is 2.32. The number of rotatable bonds is 1. The number of hydrogen-bond donors (Lipinski definition) is 2. The number of urea groups is 1. The molecule has 1 aliphatic heterocycles. The minimum Gasteiger partial charge on any atom is -0.365 e. The van der Waals surface area contributed by atoms with E-state index in [4.69, 9.17) is 10.5 Å². The van der Waals surface area contributed by atoms with Crippen LogP contribution in [0.15, 0.2) is 0 Å². The first kappa shape index (κ1) is 8.99. The fourth-order valence-corrected chi connectivity index (χ4v) is 1.20. The van der Waals surface area contributed by atoms with Gasteiger partial charge in [0.05, 0.1) is 0 Å². The second kappa shape index (κ2) is 3.10. The van der Waals surface area contributed by atoms with Crippen LogP contribution in [0.1, 0.15) is 19.8 Å². The zero-order valence-corrected chi connectivity index (χ0v) is 6.92. The summed E-state index contributed by atoms with van der Waals surface area (Å²) in [4.78, 5) is 21.6. The lowest BCUT2D eigenvalue weighted by Gasteiger charge is -2.20. The average Bonchev–Trinajstić information content (AvgIpc) is 2.36. The maximum Gasteiger partial charge on any atom is 0.318 e. The van der Waals surface area contributed by atoms with Crippen LogP contribution in [0.3, 0.4) is 0 Å². The molecule has 0 bridgehead atoms. The van der Waals surface area contributed by atoms with Crippen molar-refractivity contribution >= 4 is 11.9 Å². The Bertz CT molecular complexity index is 209. The van der Waals surface area contributed by atoms with E-state index in [0.29, 0.717) is 13.0 Å². The van der Waals surface area contributed by atoms with Crippen molar-refractivity contribution in [1.29, 1.82) is 0 Å². The molecule has 5 heteroatoms. The van der Waals surface area contributed by atoms with E-state index in [1.807, 2.05) is 5.32 Å². The highest BCUT2D eigenvalue weighted by Crippen LogP contribution is 2.24. The van der Waals surface area contributed by atoms with Gasteiger partial charge in [0.1, 0.15) is 5.60 Å². The minimum atomic E-state index is -0.866. The molecular weight excluding hydrogens is 160 g/mol. The molecule has 3 amide bonds. The van der Waals surface area contributed by atoms with Crippen molar-refractivity contribution in [3.8, 4) is 0 Å². The van der Waals surface area contributed by atoms with Gasteiger partial charge in [-0.25, -0.2) is 4.79 Å². The van der Waals surface area contributed by atoms with Gasteiger partial charge in [-0.2, -0.15) is 0 Å². The van der Waals surface area contributed by atoms with Crippen molar-refractivity contribution in [2.75, 3.05) is 6.61 Å². The molecule has 1 saturated heterocycles. The molecule has 0 aromatic carbocycles. The zero-order chi connectivity index (χ0) is 9.19. The summed E-state index contributed by atoms with van der Waals surface area (Å²) in [5.41, 5.74) is 3.93. The van der Waals surface area contributed by atoms with Gasteiger partial charge in [0.15, 0.2) is 0 Å². The van der Waals surface area contributed by atoms with E-state index in [0.717, 1.165) is 6.42 Å². The molecule has 1 rings (SSSR count). The predicted octanol–water partition coefficient (Wildman–Crippen LogP) is -0.250. The van der Waals surface area contributed by atoms with Crippen LogP contribution in [0, 0.1) is 0 Å². The van der Waals surface area contributed by atoms with Crippen LogP contribution in [0.4, 0.5) is 4.79 Å². The number of carbonyl (C=O) groups excluding carboxylic acids is 2. The average molecular weight is 172 g/mol. The molecular formula is C7H12N2O3. The number of carbonyl (C=O) groups is 2. The van der Waals surface area contributed by atoms with Gasteiger partial charge in [0.25, 0.3) is 5.91 Å². The lowest BCUT2D eigenvalue weighted by atomic mass is 10.0. The Labute approximate surface area is 70.2 Å². The lowest BCUT2D eigenvalue weighted by molar-refractivity contribution is -0.138. The van der Waals surface area contributed by atoms with Crippen molar-refractivity contribution in [2.24, 2.45) is 5.73 Å². The van der Waals surface area contributed by atoms with Crippen molar-refractivity contribution in [2.45, 2.75) is 25.4 Å². The first-order valence-corrected chi connectivity index (χ1v) is 3.79. The number of nitrogens with one attached hydrogen (secondary N) is 1. The summed E-state index contributed by atoms with van der Waals surface area (Å²) in [5.74, 6) is -0.451. The molecule has 0 aromatic rings. The highest BCUT2D eigenvalue weighted by molar-refractivity contribution is 5.98. The van der Waals surface area contributed by atoms with Crippen molar-refractivity contribution in [3.05, 3.63) is 0 Å². The molecule has 1 atom stereocenters. The van der Waals surface area contributed by atoms with E-state index in [9.17, 15) is 9.59 Å². The molecule has 12 heavy (non-hydrogen) atoms. The lowest BCUT2D eigenvalue weighted by Crippen LogP contribution is -2.48. The van der Waals surface area contributed by atoms with Crippen LogP contribution in [0.5, 0.6) is 0 Å². The van der Waals surface area contributed by atoms with E-state index in [1.54, 1.807) is 6.92 Å². The van der Waals surface area contributed by atoms with Gasteiger partial charge in [0.2, 0.25) is 0 Å². The number of imide groups is 1. The molecule has 3 N–H and O–H groups in total. The first-order valence-electron chi connectivity index (χ1n) is 3.79. The molecule has 0 spiro atoms. The van der Waals surface area contributed by atoms with Crippen LogP contribution in [-0.2, 0) is 9.53 Å². The molecule has 0 saturated carbocycles. The third kappa shape index (κ3) is 1.73. The zero-order valence-electron chi connectivity index (χ0n) is 6.92. The van der Waals surface area contributed by atoms with Crippen LogP contribution in [0.25, 0.3) is 0 Å². The van der Waals surface area contributed by atoms with Crippen molar-refractivity contribution in [1.82, 2.24) is 5.32 Å². The van der Waals surface area contributed by atoms with Crippen LogP contribution in [-0.4, -0.2) is 24.1 Å². The summed E-state index contributed by atoms with van der Waals surface area (Å²) in [6.07, 6.45) is 1.47. The van der Waals surface area contributed by atoms with E-state index in [2.05, 4.69) is 0 Å². The Balaban J connectivity index is 2.56. The van der Waals surface area contributed by atoms with E-state index >= 15 is 0 Å². The van der Waals surface area contributed by atoms with E-state index in [1.165, 1.54) is 0 Å². The van der Waals surface area contributed by atoms with Gasteiger partial charge >= 0.3 is 6.03 Å². The molecule has 0 radical (unpaired) electrons. The van der Waals surface area contributed by atoms with Gasteiger partial charge in [-0.1, -0.05) is 0 Å². The number of amides is 3.